The van der Waals surface area contributed by atoms with Gasteiger partial charge in [0.25, 0.3) is 0 Å². The fraction of sp³-hybridized carbons (Fsp3) is 0.833. The Hall–Kier alpha value is -0.0500. The molecule has 13 heteroatoms. The third kappa shape index (κ3) is 4.45. The topological polar surface area (TPSA) is 92.6 Å². The predicted octanol–water partition coefficient (Wildman–Crippen LogP) is 0.488. The second kappa shape index (κ2) is 7.52. The van der Waals surface area contributed by atoms with E-state index in [1.54, 1.807) is 16.4 Å². The number of sulfonamides is 1. The molecule has 0 saturated carbocycles. The molecule has 1 atom stereocenters. The van der Waals surface area contributed by atoms with E-state index in [9.17, 15) is 16.8 Å². The first-order valence-corrected chi connectivity index (χ1v) is 13.5. The van der Waals surface area contributed by atoms with Crippen molar-refractivity contribution in [3.63, 3.8) is 0 Å². The molecule has 0 spiro atoms. The summed E-state index contributed by atoms with van der Waals surface area (Å²) in [6, 6.07) is 0. The lowest BCUT2D eigenvalue weighted by atomic mass is 10.4. The molecule has 0 N–H and O–H groups in total. The van der Waals surface area contributed by atoms with Gasteiger partial charge in [0.1, 0.15) is 0 Å². The fourth-order valence-electron chi connectivity index (χ4n) is 2.98. The Morgan fingerprint density at radius 3 is 2.52 bits per heavy atom. The van der Waals surface area contributed by atoms with Crippen LogP contribution in [-0.2, 0) is 26.5 Å². The summed E-state index contributed by atoms with van der Waals surface area (Å²) >= 11 is 8.31. The van der Waals surface area contributed by atoms with Crippen molar-refractivity contribution in [3.8, 4) is 0 Å². The molecule has 0 radical (unpaired) electrons. The summed E-state index contributed by atoms with van der Waals surface area (Å²) in [5.74, 6) is -0.280. The number of sulfone groups is 1. The molecular formula is C12H20N4O4S5. The summed E-state index contributed by atoms with van der Waals surface area (Å²) in [5.41, 5.74) is 0. The highest BCUT2D eigenvalue weighted by Crippen LogP contribution is 2.23. The van der Waals surface area contributed by atoms with E-state index in [4.69, 9.17) is 12.2 Å². The maximum Gasteiger partial charge on any atom is 0.218 e. The largest absolute Gasteiger partial charge is 0.282 e. The Labute approximate surface area is 161 Å². The Kier molecular flexibility index (Phi) is 5.93. The highest BCUT2D eigenvalue weighted by atomic mass is 32.2. The first kappa shape index (κ1) is 19.7. The first-order valence-electron chi connectivity index (χ1n) is 7.75. The highest BCUT2D eigenvalue weighted by molar-refractivity contribution is 8.00. The summed E-state index contributed by atoms with van der Waals surface area (Å²) < 4.78 is 53.2. The number of piperazine rings is 1. The quantitative estimate of drug-likeness (QED) is 0.479. The first-order chi connectivity index (χ1) is 11.7. The molecule has 2 aliphatic rings. The minimum Gasteiger partial charge on any atom is -0.282 e. The zero-order valence-corrected chi connectivity index (χ0v) is 17.8. The molecule has 0 aromatic carbocycles. The van der Waals surface area contributed by atoms with Crippen LogP contribution in [0.5, 0.6) is 0 Å². The number of thioether (sulfide) groups is 1. The van der Waals surface area contributed by atoms with Crippen LogP contribution in [0.3, 0.4) is 0 Å². The molecule has 1 aromatic rings. The second-order valence-electron chi connectivity index (χ2n) is 6.07. The van der Waals surface area contributed by atoms with Crippen LogP contribution in [0.2, 0.25) is 0 Å². The molecule has 3 rings (SSSR count). The van der Waals surface area contributed by atoms with E-state index >= 15 is 0 Å². The molecule has 142 valence electrons. The smallest absolute Gasteiger partial charge is 0.218 e. The Morgan fingerprint density at radius 1 is 1.32 bits per heavy atom. The van der Waals surface area contributed by atoms with Crippen LogP contribution in [0, 0.1) is 3.95 Å². The van der Waals surface area contributed by atoms with E-state index in [1.165, 1.54) is 15.6 Å². The molecule has 0 bridgehead atoms. The van der Waals surface area contributed by atoms with E-state index in [2.05, 4.69) is 10.00 Å². The summed E-state index contributed by atoms with van der Waals surface area (Å²) in [6.45, 7) is 2.43. The third-order valence-electron chi connectivity index (χ3n) is 4.40. The van der Waals surface area contributed by atoms with E-state index in [0.29, 0.717) is 36.8 Å². The normalized spacial score (nSPS) is 25.4. The van der Waals surface area contributed by atoms with Crippen molar-refractivity contribution >= 4 is 55.2 Å². The van der Waals surface area contributed by atoms with Gasteiger partial charge in [0.2, 0.25) is 10.0 Å². The zero-order chi connectivity index (χ0) is 18.2. The summed E-state index contributed by atoms with van der Waals surface area (Å²) in [7, 11) is -6.77. The number of hydrogen-bond acceptors (Lipinski definition) is 9. The molecule has 8 nitrogen and oxygen atoms in total. The highest BCUT2D eigenvalue weighted by Gasteiger charge is 2.41. The average molecular weight is 445 g/mol. The minimum absolute atomic E-state index is 0.0310. The standard InChI is InChI=1S/C12H20N4O4S5/c1-22-11-13-16(12(21)23-11)9-14-3-5-15(6-4-14)25(19,20)10-2-7-24(17,18)8-10/h10H,2-9H2,1H3. The van der Waals surface area contributed by atoms with Gasteiger partial charge in [-0.05, 0) is 24.9 Å². The monoisotopic (exact) mass is 444 g/mol. The van der Waals surface area contributed by atoms with Gasteiger partial charge in [-0.3, -0.25) is 4.90 Å². The van der Waals surface area contributed by atoms with E-state index in [1.807, 2.05) is 6.26 Å². The van der Waals surface area contributed by atoms with Gasteiger partial charge in [0.15, 0.2) is 18.1 Å². The lowest BCUT2D eigenvalue weighted by Crippen LogP contribution is -2.51. The number of aromatic nitrogens is 2. The Balaban J connectivity index is 1.60. The minimum atomic E-state index is -3.55. The lowest BCUT2D eigenvalue weighted by Gasteiger charge is -2.34. The van der Waals surface area contributed by atoms with Crippen LogP contribution in [0.4, 0.5) is 0 Å². The SMILES string of the molecule is CSc1nn(CN2CCN(S(=O)(=O)C3CCS(=O)(=O)C3)CC2)c(=S)s1. The van der Waals surface area contributed by atoms with Crippen molar-refractivity contribution in [2.75, 3.05) is 43.9 Å². The Bertz CT molecular complexity index is 883. The molecule has 3 heterocycles. The maximum atomic E-state index is 12.6. The van der Waals surface area contributed by atoms with Gasteiger partial charge in [-0.1, -0.05) is 23.1 Å². The van der Waals surface area contributed by atoms with E-state index in [0.717, 1.165) is 4.34 Å². The number of hydrogen-bond donors (Lipinski definition) is 0. The van der Waals surface area contributed by atoms with E-state index < -0.39 is 25.1 Å². The molecule has 1 unspecified atom stereocenters. The average Bonchev–Trinajstić information content (AvgIpc) is 3.11. The lowest BCUT2D eigenvalue weighted by molar-refractivity contribution is 0.144. The van der Waals surface area contributed by atoms with Crippen LogP contribution in [0.1, 0.15) is 6.42 Å². The third-order valence-corrected chi connectivity index (χ3v) is 11.0. The Morgan fingerprint density at radius 2 is 2.00 bits per heavy atom. The van der Waals surface area contributed by atoms with Gasteiger partial charge in [0.05, 0.1) is 23.4 Å². The van der Waals surface area contributed by atoms with Gasteiger partial charge in [-0.25, -0.2) is 21.5 Å². The molecule has 2 saturated heterocycles. The van der Waals surface area contributed by atoms with Crippen LogP contribution < -0.4 is 0 Å². The van der Waals surface area contributed by atoms with Crippen molar-refractivity contribution in [1.82, 2.24) is 19.0 Å². The molecule has 2 fully saturated rings. The summed E-state index contributed by atoms with van der Waals surface area (Å²) in [5, 5.41) is 3.63. The van der Waals surface area contributed by atoms with Crippen molar-refractivity contribution in [2.45, 2.75) is 22.7 Å². The maximum absolute atomic E-state index is 12.6. The number of rotatable bonds is 5. The molecule has 25 heavy (non-hydrogen) atoms. The molecule has 0 aliphatic carbocycles. The zero-order valence-electron chi connectivity index (χ0n) is 13.7. The van der Waals surface area contributed by atoms with Gasteiger partial charge >= 0.3 is 0 Å². The van der Waals surface area contributed by atoms with Crippen molar-refractivity contribution < 1.29 is 16.8 Å². The summed E-state index contributed by atoms with van der Waals surface area (Å²) in [4.78, 5) is 2.11. The van der Waals surface area contributed by atoms with Gasteiger partial charge in [-0.2, -0.15) is 9.40 Å². The number of nitrogens with zero attached hydrogens (tertiary/aromatic N) is 4. The van der Waals surface area contributed by atoms with Crippen molar-refractivity contribution in [2.24, 2.45) is 0 Å². The van der Waals surface area contributed by atoms with Crippen LogP contribution in [0.25, 0.3) is 0 Å². The van der Waals surface area contributed by atoms with Crippen molar-refractivity contribution in [1.29, 1.82) is 0 Å². The van der Waals surface area contributed by atoms with Crippen LogP contribution >= 0.6 is 35.3 Å². The molecule has 1 aromatic heterocycles. The van der Waals surface area contributed by atoms with Crippen molar-refractivity contribution in [3.05, 3.63) is 3.95 Å². The molecule has 2 aliphatic heterocycles. The summed E-state index contributed by atoms with van der Waals surface area (Å²) in [6.07, 6.45) is 2.15. The van der Waals surface area contributed by atoms with E-state index in [-0.39, 0.29) is 17.9 Å². The fourth-order valence-corrected chi connectivity index (χ4v) is 9.23. The molecular weight excluding hydrogens is 424 g/mol. The van der Waals surface area contributed by atoms with Crippen LogP contribution in [0.15, 0.2) is 4.34 Å². The van der Waals surface area contributed by atoms with Crippen LogP contribution in [-0.4, -0.2) is 85.0 Å². The van der Waals surface area contributed by atoms with Gasteiger partial charge < -0.3 is 0 Å². The van der Waals surface area contributed by atoms with Gasteiger partial charge in [0, 0.05) is 26.2 Å². The van der Waals surface area contributed by atoms with Gasteiger partial charge in [-0.15, -0.1) is 0 Å². The second-order valence-corrected chi connectivity index (χ2v) is 13.2. The molecule has 0 amide bonds. The predicted molar refractivity (Wildman–Crippen MR) is 102 cm³/mol.